The molecule has 1 unspecified atom stereocenters. The van der Waals surface area contributed by atoms with Crippen LogP contribution in [0.2, 0.25) is 10.0 Å². The minimum absolute atomic E-state index is 0.00746. The number of rotatable bonds is 5. The van der Waals surface area contributed by atoms with Crippen LogP contribution in [0.15, 0.2) is 88.6 Å². The second kappa shape index (κ2) is 8.46. The molecule has 0 saturated carbocycles. The van der Waals surface area contributed by atoms with Crippen molar-refractivity contribution in [2.75, 3.05) is 0 Å². The first-order chi connectivity index (χ1) is 14.8. The summed E-state index contributed by atoms with van der Waals surface area (Å²) in [4.78, 5) is 1.66. The van der Waals surface area contributed by atoms with Crippen LogP contribution in [0.5, 0.6) is 0 Å². The molecule has 1 atom stereocenters. The van der Waals surface area contributed by atoms with Gasteiger partial charge in [0.1, 0.15) is 0 Å². The molecule has 31 heavy (non-hydrogen) atoms. The third-order valence-electron chi connectivity index (χ3n) is 5.10. The van der Waals surface area contributed by atoms with Crippen LogP contribution >= 0.6 is 23.2 Å². The molecule has 0 aliphatic carbocycles. The third kappa shape index (κ3) is 4.11. The zero-order valence-electron chi connectivity index (χ0n) is 16.6. The van der Waals surface area contributed by atoms with Crippen molar-refractivity contribution in [2.24, 2.45) is 5.73 Å². The van der Waals surface area contributed by atoms with E-state index in [9.17, 15) is 8.42 Å². The molecule has 0 bridgehead atoms. The van der Waals surface area contributed by atoms with Gasteiger partial charge in [0.2, 0.25) is 21.9 Å². The van der Waals surface area contributed by atoms with Gasteiger partial charge in [-0.15, -0.1) is 0 Å². The van der Waals surface area contributed by atoms with Gasteiger partial charge in [-0.25, -0.2) is 8.42 Å². The summed E-state index contributed by atoms with van der Waals surface area (Å²) in [6.45, 7) is 2.23. The summed E-state index contributed by atoms with van der Waals surface area (Å²) in [6.07, 6.45) is -0.686. The zero-order valence-corrected chi connectivity index (χ0v) is 19.0. The van der Waals surface area contributed by atoms with Gasteiger partial charge in [0.05, 0.1) is 14.9 Å². The minimum Gasteiger partial charge on any atom is -0.449 e. The average molecular weight is 475 g/mol. The van der Waals surface area contributed by atoms with E-state index in [-0.39, 0.29) is 32.4 Å². The standard InChI is InChI=1S/C23H20Cl2N2O3S/c1-15-7-5-6-10-18(15)22-27(14-16-8-3-2-4-9-16)23(21(26)30-22)31(28,29)17-11-12-19(24)20(25)13-17/h2-13,22H,14,26H2,1H3. The molecule has 4 rings (SSSR count). The highest BCUT2D eigenvalue weighted by atomic mass is 35.5. The first kappa shape index (κ1) is 21.6. The highest BCUT2D eigenvalue weighted by Gasteiger charge is 2.42. The van der Waals surface area contributed by atoms with E-state index in [0.29, 0.717) is 0 Å². The third-order valence-corrected chi connectivity index (χ3v) is 7.66. The Labute approximate surface area is 191 Å². The van der Waals surface area contributed by atoms with Crippen LogP contribution in [0.4, 0.5) is 0 Å². The lowest BCUT2D eigenvalue weighted by molar-refractivity contribution is 0.0355. The van der Waals surface area contributed by atoms with Crippen molar-refractivity contribution in [3.8, 4) is 0 Å². The first-order valence-corrected chi connectivity index (χ1v) is 11.8. The normalized spacial score (nSPS) is 16.5. The van der Waals surface area contributed by atoms with Crippen LogP contribution in [-0.2, 0) is 21.1 Å². The number of benzene rings is 3. The lowest BCUT2D eigenvalue weighted by Crippen LogP contribution is -2.28. The molecule has 0 aromatic heterocycles. The molecule has 0 amide bonds. The van der Waals surface area contributed by atoms with E-state index in [4.69, 9.17) is 33.7 Å². The SMILES string of the molecule is Cc1ccccc1C1OC(N)=C(S(=O)(=O)c2ccc(Cl)c(Cl)c2)N1Cc1ccccc1. The maximum atomic E-state index is 13.6. The highest BCUT2D eigenvalue weighted by molar-refractivity contribution is 7.95. The van der Waals surface area contributed by atoms with E-state index in [2.05, 4.69) is 0 Å². The maximum absolute atomic E-state index is 13.6. The molecule has 160 valence electrons. The Hall–Kier alpha value is -2.67. The van der Waals surface area contributed by atoms with E-state index in [1.54, 1.807) is 4.90 Å². The van der Waals surface area contributed by atoms with Gasteiger partial charge in [0.25, 0.3) is 0 Å². The summed E-state index contributed by atoms with van der Waals surface area (Å²) in [5.41, 5.74) is 8.89. The van der Waals surface area contributed by atoms with Crippen molar-refractivity contribution >= 4 is 33.0 Å². The Morgan fingerprint density at radius 3 is 2.32 bits per heavy atom. The van der Waals surface area contributed by atoms with Gasteiger partial charge in [-0.1, -0.05) is 77.8 Å². The molecule has 3 aromatic carbocycles. The van der Waals surface area contributed by atoms with Gasteiger partial charge in [-0.05, 0) is 36.2 Å². The van der Waals surface area contributed by atoms with Gasteiger partial charge in [-0.2, -0.15) is 0 Å². The quantitative estimate of drug-likeness (QED) is 0.536. The number of nitrogens with two attached hydrogens (primary N) is 1. The lowest BCUT2D eigenvalue weighted by Gasteiger charge is -2.28. The van der Waals surface area contributed by atoms with Crippen molar-refractivity contribution in [2.45, 2.75) is 24.6 Å². The van der Waals surface area contributed by atoms with Crippen molar-refractivity contribution in [1.82, 2.24) is 4.90 Å². The number of ether oxygens (including phenoxy) is 1. The van der Waals surface area contributed by atoms with Crippen molar-refractivity contribution in [3.63, 3.8) is 0 Å². The molecule has 0 spiro atoms. The summed E-state index contributed by atoms with van der Waals surface area (Å²) < 4.78 is 33.2. The predicted octanol–water partition coefficient (Wildman–Crippen LogP) is 5.39. The number of sulfone groups is 1. The van der Waals surface area contributed by atoms with Crippen LogP contribution < -0.4 is 5.73 Å². The van der Waals surface area contributed by atoms with E-state index in [0.717, 1.165) is 16.7 Å². The van der Waals surface area contributed by atoms with Crippen LogP contribution in [-0.4, -0.2) is 13.3 Å². The molecule has 0 saturated heterocycles. The Balaban J connectivity index is 1.83. The Morgan fingerprint density at radius 1 is 0.968 bits per heavy atom. The highest BCUT2D eigenvalue weighted by Crippen LogP contribution is 2.42. The molecule has 1 aliphatic rings. The largest absolute Gasteiger partial charge is 0.449 e. The van der Waals surface area contributed by atoms with E-state index >= 15 is 0 Å². The first-order valence-electron chi connectivity index (χ1n) is 9.51. The second-order valence-electron chi connectivity index (χ2n) is 7.19. The second-order valence-corrected chi connectivity index (χ2v) is 9.87. The van der Waals surface area contributed by atoms with Crippen LogP contribution in [0.25, 0.3) is 0 Å². The molecule has 2 N–H and O–H groups in total. The molecule has 3 aromatic rings. The predicted molar refractivity (Wildman–Crippen MR) is 122 cm³/mol. The monoisotopic (exact) mass is 474 g/mol. The zero-order chi connectivity index (χ0) is 22.2. The lowest BCUT2D eigenvalue weighted by atomic mass is 10.1. The summed E-state index contributed by atoms with van der Waals surface area (Å²) in [6, 6.07) is 21.4. The van der Waals surface area contributed by atoms with E-state index in [1.807, 2.05) is 61.5 Å². The number of halogens is 2. The molecule has 5 nitrogen and oxygen atoms in total. The van der Waals surface area contributed by atoms with Gasteiger partial charge < -0.3 is 15.4 Å². The number of hydrogen-bond donors (Lipinski definition) is 1. The molecule has 0 radical (unpaired) electrons. The summed E-state index contributed by atoms with van der Waals surface area (Å²) in [5.74, 6) is -0.157. The summed E-state index contributed by atoms with van der Waals surface area (Å²) >= 11 is 12.1. The average Bonchev–Trinajstić information content (AvgIpc) is 3.07. The van der Waals surface area contributed by atoms with Gasteiger partial charge in [-0.3, -0.25) is 0 Å². The fraction of sp³-hybridized carbons (Fsp3) is 0.130. The molecule has 8 heteroatoms. The van der Waals surface area contributed by atoms with Crippen molar-refractivity contribution in [1.29, 1.82) is 0 Å². The minimum atomic E-state index is -4.04. The van der Waals surface area contributed by atoms with Gasteiger partial charge in [0, 0.05) is 12.1 Å². The fourth-order valence-electron chi connectivity index (χ4n) is 3.55. The van der Waals surface area contributed by atoms with Crippen molar-refractivity contribution in [3.05, 3.63) is 110 Å². The van der Waals surface area contributed by atoms with E-state index in [1.165, 1.54) is 18.2 Å². The molecule has 0 fully saturated rings. The van der Waals surface area contributed by atoms with Gasteiger partial charge in [0.15, 0.2) is 5.03 Å². The number of hydrogen-bond acceptors (Lipinski definition) is 5. The Morgan fingerprint density at radius 2 is 1.65 bits per heavy atom. The Bertz CT molecular complexity index is 1260. The number of aryl methyl sites for hydroxylation is 1. The number of nitrogens with zero attached hydrogens (tertiary/aromatic N) is 1. The van der Waals surface area contributed by atoms with Crippen LogP contribution in [0.3, 0.4) is 0 Å². The molecule has 1 heterocycles. The fourth-order valence-corrected chi connectivity index (χ4v) is 5.44. The Kier molecular flexibility index (Phi) is 5.88. The van der Waals surface area contributed by atoms with Crippen molar-refractivity contribution < 1.29 is 13.2 Å². The maximum Gasteiger partial charge on any atom is 0.227 e. The van der Waals surface area contributed by atoms with Gasteiger partial charge >= 0.3 is 0 Å². The molecule has 1 aliphatic heterocycles. The van der Waals surface area contributed by atoms with Crippen LogP contribution in [0.1, 0.15) is 22.9 Å². The summed E-state index contributed by atoms with van der Waals surface area (Å²) in [5, 5.41) is 0.318. The van der Waals surface area contributed by atoms with E-state index < -0.39 is 16.1 Å². The molecular formula is C23H20Cl2N2O3S. The smallest absolute Gasteiger partial charge is 0.227 e. The summed E-state index contributed by atoms with van der Waals surface area (Å²) in [7, 11) is -4.04. The van der Waals surface area contributed by atoms with Crippen LogP contribution in [0, 0.1) is 6.92 Å². The topological polar surface area (TPSA) is 72.6 Å². The molecular weight excluding hydrogens is 455 g/mol.